The van der Waals surface area contributed by atoms with E-state index < -0.39 is 12.1 Å². The van der Waals surface area contributed by atoms with E-state index in [2.05, 4.69) is 13.2 Å². The van der Waals surface area contributed by atoms with Gasteiger partial charge in [-0.3, -0.25) is 4.79 Å². The number of likely N-dealkylation sites (N-methyl/N-ethyl adjacent to an activating group) is 1. The molecule has 0 aliphatic carbocycles. The zero-order chi connectivity index (χ0) is 16.0. The first-order valence-electron chi connectivity index (χ1n) is 5.26. The fraction of sp³-hybridized carbons (Fsp3) is 0.500. The van der Waals surface area contributed by atoms with E-state index >= 15 is 0 Å². The van der Waals surface area contributed by atoms with Gasteiger partial charge in [-0.15, -0.1) is 0 Å². The van der Waals surface area contributed by atoms with Gasteiger partial charge in [-0.1, -0.05) is 13.2 Å². The Balaban J connectivity index is -0.000000203. The van der Waals surface area contributed by atoms with Crippen LogP contribution in [0.1, 0.15) is 6.92 Å². The number of nitrogens with zero attached hydrogens (tertiary/aromatic N) is 1. The predicted octanol–water partition coefficient (Wildman–Crippen LogP) is -0.760. The molecule has 0 aliphatic heterocycles. The zero-order valence-corrected chi connectivity index (χ0v) is 11.5. The smallest absolute Gasteiger partial charge is 0.330 e. The van der Waals surface area contributed by atoms with Crippen molar-refractivity contribution in [3.63, 3.8) is 0 Å². The third kappa shape index (κ3) is 22.0. The minimum Gasteiger partial charge on any atom is -0.478 e. The molecule has 0 bridgehead atoms. The normalized spacial score (nSPS) is 8.37. The first kappa shape index (κ1) is 22.5. The lowest BCUT2D eigenvalue weighted by atomic mass is 10.4. The van der Waals surface area contributed by atoms with Crippen LogP contribution in [0.2, 0.25) is 0 Å². The van der Waals surface area contributed by atoms with Gasteiger partial charge in [0.2, 0.25) is 5.91 Å². The molecular formula is C12H23NO6. The number of aliphatic carboxylic acids is 1. The second kappa shape index (κ2) is 14.4. The Morgan fingerprint density at radius 3 is 1.58 bits per heavy atom. The first-order chi connectivity index (χ1) is 8.63. The lowest BCUT2D eigenvalue weighted by Crippen LogP contribution is -2.18. The maximum Gasteiger partial charge on any atom is 0.330 e. The summed E-state index contributed by atoms with van der Waals surface area (Å²) in [5.74, 6) is -0.991. The van der Waals surface area contributed by atoms with Gasteiger partial charge in [0.1, 0.15) is 6.10 Å². The molecule has 0 aromatic heterocycles. The van der Waals surface area contributed by atoms with Gasteiger partial charge in [0.05, 0.1) is 13.2 Å². The number of hydrogen-bond donors (Lipinski definition) is 4. The van der Waals surface area contributed by atoms with Crippen molar-refractivity contribution in [2.24, 2.45) is 0 Å². The molecule has 0 fully saturated rings. The van der Waals surface area contributed by atoms with Crippen LogP contribution in [0.4, 0.5) is 0 Å². The Morgan fingerprint density at radius 2 is 1.58 bits per heavy atom. The molecule has 112 valence electrons. The molecule has 0 atom stereocenters. The van der Waals surface area contributed by atoms with Gasteiger partial charge in [-0.2, -0.15) is 0 Å². The van der Waals surface area contributed by atoms with Crippen molar-refractivity contribution in [1.29, 1.82) is 0 Å². The lowest BCUT2D eigenvalue weighted by molar-refractivity contribution is -0.132. The summed E-state index contributed by atoms with van der Waals surface area (Å²) in [7, 11) is 3.37. The molecule has 0 aromatic carbocycles. The van der Waals surface area contributed by atoms with E-state index in [4.69, 9.17) is 20.4 Å². The van der Waals surface area contributed by atoms with E-state index in [1.54, 1.807) is 14.1 Å². The van der Waals surface area contributed by atoms with Crippen LogP contribution in [-0.4, -0.2) is 70.6 Å². The summed E-state index contributed by atoms with van der Waals surface area (Å²) in [6, 6.07) is 0. The number of aliphatic hydroxyl groups excluding tert-OH is 3. The Bertz CT molecular complexity index is 272. The third-order valence-electron chi connectivity index (χ3n) is 1.40. The fourth-order valence-corrected chi connectivity index (χ4v) is 0.240. The van der Waals surface area contributed by atoms with E-state index in [1.165, 1.54) is 17.9 Å². The average molecular weight is 277 g/mol. The molecule has 0 heterocycles. The Labute approximate surface area is 113 Å². The fourth-order valence-electron chi connectivity index (χ4n) is 0.240. The molecule has 0 aromatic rings. The van der Waals surface area contributed by atoms with Gasteiger partial charge >= 0.3 is 5.97 Å². The van der Waals surface area contributed by atoms with Crippen molar-refractivity contribution in [3.8, 4) is 0 Å². The summed E-state index contributed by atoms with van der Waals surface area (Å²) in [5, 5.41) is 31.9. The molecule has 0 aliphatic rings. The third-order valence-corrected chi connectivity index (χ3v) is 1.40. The summed E-state index contributed by atoms with van der Waals surface area (Å²) in [5.41, 5.74) is 0.176. The van der Waals surface area contributed by atoms with Crippen molar-refractivity contribution in [2.45, 2.75) is 13.0 Å². The number of carboxylic acid groups (broad SMARTS) is 1. The van der Waals surface area contributed by atoms with Gasteiger partial charge in [-0.25, -0.2) is 4.79 Å². The van der Waals surface area contributed by atoms with Gasteiger partial charge in [0, 0.05) is 19.7 Å². The van der Waals surface area contributed by atoms with E-state index in [1.807, 2.05) is 0 Å². The molecule has 0 saturated heterocycles. The Kier molecular flexibility index (Phi) is 17.0. The standard InChI is InChI=1S/C5H9NO.C4H6O2.C3H8O3/c1-4-5(7)6(2)3;1-3(2)4(5)6;4-1-3(6)2-5/h4H,1H2,2-3H3;1H2,2H3,(H,5,6);3-6H,1-2H2. The van der Waals surface area contributed by atoms with Crippen molar-refractivity contribution in [2.75, 3.05) is 27.3 Å². The van der Waals surface area contributed by atoms with E-state index in [0.29, 0.717) is 0 Å². The number of rotatable bonds is 4. The lowest BCUT2D eigenvalue weighted by Gasteiger charge is -2.03. The molecule has 4 N–H and O–H groups in total. The number of amides is 1. The van der Waals surface area contributed by atoms with Crippen molar-refractivity contribution in [3.05, 3.63) is 24.8 Å². The first-order valence-corrected chi connectivity index (χ1v) is 5.26. The highest BCUT2D eigenvalue weighted by Gasteiger charge is 1.94. The molecule has 7 nitrogen and oxygen atoms in total. The number of carbonyl (C=O) groups is 2. The van der Waals surface area contributed by atoms with Crippen LogP contribution in [0, 0.1) is 0 Å². The zero-order valence-electron chi connectivity index (χ0n) is 11.5. The molecule has 0 radical (unpaired) electrons. The van der Waals surface area contributed by atoms with Gasteiger partial charge in [0.25, 0.3) is 0 Å². The summed E-state index contributed by atoms with van der Waals surface area (Å²) in [4.78, 5) is 21.4. The van der Waals surface area contributed by atoms with Crippen LogP contribution in [0.15, 0.2) is 24.8 Å². The number of carboxylic acids is 1. The van der Waals surface area contributed by atoms with E-state index in [0.717, 1.165) is 0 Å². The van der Waals surface area contributed by atoms with Crippen molar-refractivity contribution < 1.29 is 30.0 Å². The summed E-state index contributed by atoms with van der Waals surface area (Å²) in [6.07, 6.45) is 0.324. The molecule has 19 heavy (non-hydrogen) atoms. The van der Waals surface area contributed by atoms with E-state index in [-0.39, 0.29) is 24.7 Å². The van der Waals surface area contributed by atoms with Crippen LogP contribution >= 0.6 is 0 Å². The number of carbonyl (C=O) groups excluding carboxylic acids is 1. The highest BCUT2D eigenvalue weighted by atomic mass is 16.4. The van der Waals surface area contributed by atoms with E-state index in [9.17, 15) is 9.59 Å². The summed E-state index contributed by atoms with van der Waals surface area (Å²) in [6.45, 7) is 7.16. The predicted molar refractivity (Wildman–Crippen MR) is 71.5 cm³/mol. The van der Waals surface area contributed by atoms with Gasteiger partial charge in [0.15, 0.2) is 0 Å². The van der Waals surface area contributed by atoms with Crippen LogP contribution in [0.5, 0.6) is 0 Å². The highest BCUT2D eigenvalue weighted by molar-refractivity contribution is 5.86. The monoisotopic (exact) mass is 277 g/mol. The van der Waals surface area contributed by atoms with Crippen LogP contribution in [0.25, 0.3) is 0 Å². The summed E-state index contributed by atoms with van der Waals surface area (Å²) < 4.78 is 0. The van der Waals surface area contributed by atoms with Crippen LogP contribution in [-0.2, 0) is 9.59 Å². The maximum absolute atomic E-state index is 10.3. The molecule has 0 rings (SSSR count). The molecule has 0 spiro atoms. The summed E-state index contributed by atoms with van der Waals surface area (Å²) >= 11 is 0. The molecule has 7 heteroatoms. The van der Waals surface area contributed by atoms with Crippen molar-refractivity contribution in [1.82, 2.24) is 4.90 Å². The second-order valence-electron chi connectivity index (χ2n) is 3.54. The Hall–Kier alpha value is -1.70. The van der Waals surface area contributed by atoms with Gasteiger partial charge < -0.3 is 25.3 Å². The average Bonchev–Trinajstić information content (AvgIpc) is 2.37. The van der Waals surface area contributed by atoms with Crippen molar-refractivity contribution >= 4 is 11.9 Å². The number of hydrogen-bond acceptors (Lipinski definition) is 5. The topological polar surface area (TPSA) is 118 Å². The Morgan fingerprint density at radius 1 is 1.26 bits per heavy atom. The molecule has 0 saturated carbocycles. The van der Waals surface area contributed by atoms with Crippen LogP contribution in [0.3, 0.4) is 0 Å². The quantitative estimate of drug-likeness (QED) is 0.502. The molecule has 0 unspecified atom stereocenters. The minimum absolute atomic E-state index is 0.0556. The van der Waals surface area contributed by atoms with Crippen LogP contribution < -0.4 is 0 Å². The number of aliphatic hydroxyl groups is 3. The SMILES string of the molecule is C=C(C)C(=O)O.C=CC(=O)N(C)C.OCC(O)CO. The van der Waals surface area contributed by atoms with Gasteiger partial charge in [-0.05, 0) is 13.0 Å². The molecule has 1 amide bonds. The highest BCUT2D eigenvalue weighted by Crippen LogP contribution is 1.81. The second-order valence-corrected chi connectivity index (χ2v) is 3.54. The maximum atomic E-state index is 10.3. The molecular weight excluding hydrogens is 254 g/mol. The largest absolute Gasteiger partial charge is 0.478 e. The minimum atomic E-state index is -0.954.